The first-order valence-corrected chi connectivity index (χ1v) is 10.5. The molecule has 33 heavy (non-hydrogen) atoms. The third-order valence-electron chi connectivity index (χ3n) is 6.53. The molecule has 0 radical (unpaired) electrons. The van der Waals surface area contributed by atoms with E-state index in [1.165, 1.54) is 14.1 Å². The number of carbonyl (C=O) groups is 2. The van der Waals surface area contributed by atoms with E-state index in [2.05, 4.69) is 15.6 Å². The minimum absolute atomic E-state index is 0.000497. The summed E-state index contributed by atoms with van der Waals surface area (Å²) in [5.41, 5.74) is -0.907. The Morgan fingerprint density at radius 3 is 1.94 bits per heavy atom. The van der Waals surface area contributed by atoms with Gasteiger partial charge in [0, 0.05) is 30.4 Å². The summed E-state index contributed by atoms with van der Waals surface area (Å²) >= 11 is 0. The van der Waals surface area contributed by atoms with E-state index in [-0.39, 0.29) is 27.8 Å². The van der Waals surface area contributed by atoms with Crippen LogP contribution in [-0.4, -0.2) is 30.9 Å². The monoisotopic (exact) mass is 435 g/mol. The number of carbonyl (C=O) groups excluding carboxylic acids is 2. The fourth-order valence-corrected chi connectivity index (χ4v) is 5.25. The predicted octanol–water partition coefficient (Wildman–Crippen LogP) is 3.10. The second-order valence-corrected chi connectivity index (χ2v) is 8.06. The highest BCUT2D eigenvalue weighted by Crippen LogP contribution is 2.44. The molecule has 3 N–H and O–H groups in total. The fourth-order valence-electron chi connectivity index (χ4n) is 5.25. The molecule has 1 aromatic heterocycles. The van der Waals surface area contributed by atoms with Gasteiger partial charge in [0.2, 0.25) is 0 Å². The molecule has 0 fully saturated rings. The number of rotatable bonds is 2. The van der Waals surface area contributed by atoms with Gasteiger partial charge in [0.25, 0.3) is 22.9 Å². The number of hydrogen-bond donors (Lipinski definition) is 3. The zero-order valence-electron chi connectivity index (χ0n) is 17.8. The number of hydrogen-bond acceptors (Lipinski definition) is 4. The van der Waals surface area contributed by atoms with E-state index < -0.39 is 17.0 Å². The van der Waals surface area contributed by atoms with Crippen molar-refractivity contribution in [2.45, 2.75) is 0 Å². The minimum Gasteiger partial charge on any atom is -0.355 e. The van der Waals surface area contributed by atoms with E-state index in [9.17, 15) is 19.2 Å². The maximum Gasteiger partial charge on any atom is 0.259 e. The first-order chi connectivity index (χ1) is 16.0. The molecular formula is C26H17N3O4. The van der Waals surface area contributed by atoms with Crippen molar-refractivity contribution >= 4 is 65.7 Å². The Morgan fingerprint density at radius 2 is 1.24 bits per heavy atom. The molecule has 0 aliphatic heterocycles. The molecule has 0 aliphatic carbocycles. The summed E-state index contributed by atoms with van der Waals surface area (Å²) in [6, 6.07) is 15.2. The van der Waals surface area contributed by atoms with Crippen LogP contribution >= 0.6 is 0 Å². The Morgan fingerprint density at radius 1 is 0.636 bits per heavy atom. The van der Waals surface area contributed by atoms with Gasteiger partial charge < -0.3 is 10.6 Å². The van der Waals surface area contributed by atoms with Crippen molar-refractivity contribution in [1.82, 2.24) is 15.6 Å². The predicted molar refractivity (Wildman–Crippen MR) is 130 cm³/mol. The lowest BCUT2D eigenvalue weighted by atomic mass is 9.84. The molecule has 7 heteroatoms. The van der Waals surface area contributed by atoms with Gasteiger partial charge in [-0.15, -0.1) is 0 Å². The third-order valence-corrected chi connectivity index (χ3v) is 6.53. The lowest BCUT2D eigenvalue weighted by Gasteiger charge is -2.19. The van der Waals surface area contributed by atoms with Crippen LogP contribution in [0.4, 0.5) is 0 Å². The number of aromatic nitrogens is 1. The first kappa shape index (κ1) is 19.2. The van der Waals surface area contributed by atoms with E-state index in [0.717, 1.165) is 26.9 Å². The van der Waals surface area contributed by atoms with Gasteiger partial charge >= 0.3 is 0 Å². The average Bonchev–Trinajstić information content (AvgIpc) is 3.13. The van der Waals surface area contributed by atoms with Crippen LogP contribution in [0, 0.1) is 0 Å². The summed E-state index contributed by atoms with van der Waals surface area (Å²) in [4.78, 5) is 54.4. The van der Waals surface area contributed by atoms with Crippen LogP contribution in [0.1, 0.15) is 20.7 Å². The van der Waals surface area contributed by atoms with Crippen molar-refractivity contribution in [3.05, 3.63) is 80.4 Å². The van der Waals surface area contributed by atoms with Crippen LogP contribution in [0.2, 0.25) is 0 Å². The van der Waals surface area contributed by atoms with Crippen LogP contribution in [0.3, 0.4) is 0 Å². The van der Waals surface area contributed by atoms with Crippen molar-refractivity contribution in [2.75, 3.05) is 14.1 Å². The molecular weight excluding hydrogens is 418 g/mol. The summed E-state index contributed by atoms with van der Waals surface area (Å²) in [6.45, 7) is 0. The Hall–Kier alpha value is -4.52. The lowest BCUT2D eigenvalue weighted by Crippen LogP contribution is -2.23. The highest BCUT2D eigenvalue weighted by Gasteiger charge is 2.28. The van der Waals surface area contributed by atoms with Gasteiger partial charge in [0.1, 0.15) is 0 Å². The number of amides is 2. The van der Waals surface area contributed by atoms with E-state index in [1.807, 2.05) is 42.5 Å². The first-order valence-electron chi connectivity index (χ1n) is 10.5. The van der Waals surface area contributed by atoms with E-state index in [0.29, 0.717) is 16.2 Å². The molecule has 2 amide bonds. The summed E-state index contributed by atoms with van der Waals surface area (Å²) in [6.07, 6.45) is 0. The Labute approximate surface area is 185 Å². The summed E-state index contributed by atoms with van der Waals surface area (Å²) < 4.78 is 0. The molecule has 1 heterocycles. The van der Waals surface area contributed by atoms with Crippen LogP contribution in [-0.2, 0) is 0 Å². The number of nitrogens with one attached hydrogen (secondary N) is 3. The van der Waals surface area contributed by atoms with Crippen molar-refractivity contribution in [1.29, 1.82) is 0 Å². The van der Waals surface area contributed by atoms with Crippen molar-refractivity contribution < 1.29 is 9.59 Å². The second kappa shape index (κ2) is 6.49. The molecule has 7 nitrogen and oxygen atoms in total. The van der Waals surface area contributed by atoms with E-state index in [1.54, 1.807) is 6.07 Å². The lowest BCUT2D eigenvalue weighted by molar-refractivity contribution is 0.0962. The van der Waals surface area contributed by atoms with Gasteiger partial charge in [-0.1, -0.05) is 42.5 Å². The highest BCUT2D eigenvalue weighted by atomic mass is 16.2. The zero-order valence-corrected chi connectivity index (χ0v) is 17.8. The van der Waals surface area contributed by atoms with E-state index >= 15 is 0 Å². The molecule has 6 rings (SSSR count). The largest absolute Gasteiger partial charge is 0.355 e. The van der Waals surface area contributed by atoms with Gasteiger partial charge in [0.15, 0.2) is 0 Å². The standard InChI is InChI=1S/C26H17N3O4/c1-27-23(30)15-10-9-13-12-7-3-5-11-6-4-8-14(16(11)12)18-17(13)19(15)20(24(31)28-2)22-21(18)25(32)29-26(22)33/h3-10H,1-2H3,(H,27,30)(H,28,31)(H,29,32,33). The molecule has 160 valence electrons. The summed E-state index contributed by atoms with van der Waals surface area (Å²) in [5.74, 6) is -0.929. The Balaban J connectivity index is 2.13. The smallest absolute Gasteiger partial charge is 0.259 e. The molecule has 0 aliphatic rings. The molecule has 6 aromatic rings. The fraction of sp³-hybridized carbons (Fsp3) is 0.0769. The van der Waals surface area contributed by atoms with Gasteiger partial charge in [-0.05, 0) is 38.4 Å². The van der Waals surface area contributed by atoms with Crippen LogP contribution in [0.15, 0.2) is 58.1 Å². The average molecular weight is 435 g/mol. The summed E-state index contributed by atoms with van der Waals surface area (Å²) in [7, 11) is 2.96. The second-order valence-electron chi connectivity index (χ2n) is 8.06. The molecule has 0 atom stereocenters. The highest BCUT2D eigenvalue weighted by molar-refractivity contribution is 6.42. The maximum atomic E-state index is 13.1. The molecule has 0 unspecified atom stereocenters. The zero-order chi connectivity index (χ0) is 23.0. The molecule has 5 aromatic carbocycles. The number of fused-ring (bicyclic) bond motifs is 4. The quantitative estimate of drug-likeness (QED) is 0.287. The van der Waals surface area contributed by atoms with Crippen molar-refractivity contribution in [2.24, 2.45) is 0 Å². The van der Waals surface area contributed by atoms with Gasteiger partial charge in [-0.25, -0.2) is 0 Å². The third kappa shape index (κ3) is 2.28. The molecule has 0 bridgehead atoms. The maximum absolute atomic E-state index is 13.1. The van der Waals surface area contributed by atoms with Gasteiger partial charge in [-0.3, -0.25) is 24.2 Å². The van der Waals surface area contributed by atoms with Crippen molar-refractivity contribution in [3.8, 4) is 0 Å². The minimum atomic E-state index is -0.647. The van der Waals surface area contributed by atoms with Crippen LogP contribution in [0.5, 0.6) is 0 Å². The topological polar surface area (TPSA) is 108 Å². The van der Waals surface area contributed by atoms with Gasteiger partial charge in [0.05, 0.1) is 16.3 Å². The van der Waals surface area contributed by atoms with Crippen molar-refractivity contribution in [3.63, 3.8) is 0 Å². The molecule has 0 saturated heterocycles. The Bertz CT molecular complexity index is 1920. The molecule has 0 spiro atoms. The van der Waals surface area contributed by atoms with Crippen LogP contribution < -0.4 is 21.8 Å². The molecule has 0 saturated carbocycles. The normalized spacial score (nSPS) is 11.8. The SMILES string of the molecule is CNC(=O)c1ccc2c3cccc4cccc(c43)c3c4c(=O)[nH]c(=O)c4c(C(=O)NC)c1c23. The Kier molecular flexibility index (Phi) is 3.77. The van der Waals surface area contributed by atoms with Crippen LogP contribution in [0.25, 0.3) is 53.9 Å². The number of benzene rings is 5. The van der Waals surface area contributed by atoms with Gasteiger partial charge in [-0.2, -0.15) is 0 Å². The van der Waals surface area contributed by atoms with E-state index in [4.69, 9.17) is 0 Å². The number of H-pyrrole nitrogens is 1. The number of aromatic amines is 1. The summed E-state index contributed by atoms with van der Waals surface area (Å²) in [5, 5.41) is 11.4.